The third kappa shape index (κ3) is 4.48. The third-order valence-electron chi connectivity index (χ3n) is 3.61. The average Bonchev–Trinajstić information content (AvgIpc) is 2.39. The molecule has 0 amide bonds. The zero-order chi connectivity index (χ0) is 13.7. The Morgan fingerprint density at radius 1 is 1.21 bits per heavy atom. The fraction of sp³-hybridized carbons (Fsp3) is 0.667. The molecule has 0 aliphatic carbocycles. The van der Waals surface area contributed by atoms with Crippen molar-refractivity contribution in [3.05, 3.63) is 24.4 Å². The highest BCUT2D eigenvalue weighted by Gasteiger charge is 2.19. The van der Waals surface area contributed by atoms with Crippen molar-refractivity contribution in [1.82, 2.24) is 9.88 Å². The molecule has 0 aromatic carbocycles. The van der Waals surface area contributed by atoms with E-state index in [-0.39, 0.29) is 0 Å². The molecule has 1 fully saturated rings. The van der Waals surface area contributed by atoms with Crippen LogP contribution < -0.4 is 10.6 Å². The van der Waals surface area contributed by atoms with Crippen LogP contribution in [0.25, 0.3) is 0 Å². The summed E-state index contributed by atoms with van der Waals surface area (Å²) in [5.74, 6) is 1.78. The van der Waals surface area contributed by atoms with Crippen molar-refractivity contribution in [1.29, 1.82) is 0 Å². The number of rotatable bonds is 5. The maximum absolute atomic E-state index is 6.18. The Labute approximate surface area is 116 Å². The Morgan fingerprint density at radius 3 is 2.53 bits per heavy atom. The lowest BCUT2D eigenvalue weighted by atomic mass is 10.0. The summed E-state index contributed by atoms with van der Waals surface area (Å²) >= 11 is 0. The zero-order valence-electron chi connectivity index (χ0n) is 12.1. The van der Waals surface area contributed by atoms with Gasteiger partial charge in [-0.1, -0.05) is 19.9 Å². The molecule has 106 valence electrons. The highest BCUT2D eigenvalue weighted by molar-refractivity contribution is 5.38. The van der Waals surface area contributed by atoms with Crippen LogP contribution in [0.5, 0.6) is 0 Å². The van der Waals surface area contributed by atoms with Crippen LogP contribution in [0.1, 0.15) is 20.3 Å². The predicted octanol–water partition coefficient (Wildman–Crippen LogP) is 1.58. The van der Waals surface area contributed by atoms with Gasteiger partial charge in [-0.25, -0.2) is 4.98 Å². The first-order valence-electron chi connectivity index (χ1n) is 7.29. The summed E-state index contributed by atoms with van der Waals surface area (Å²) in [6, 6.07) is 6.40. The minimum atomic E-state index is 0.307. The average molecular weight is 262 g/mol. The Hall–Kier alpha value is -1.13. The normalized spacial score (nSPS) is 18.8. The van der Waals surface area contributed by atoms with E-state index in [1.807, 2.05) is 18.3 Å². The SMILES string of the molecule is CC(C)C[C@H](N)CN1CCN(c2ccccn2)CC1. The lowest BCUT2D eigenvalue weighted by Gasteiger charge is -2.36. The summed E-state index contributed by atoms with van der Waals surface area (Å²) in [7, 11) is 0. The highest BCUT2D eigenvalue weighted by Crippen LogP contribution is 2.13. The van der Waals surface area contributed by atoms with Crippen LogP contribution in [-0.4, -0.2) is 48.6 Å². The molecule has 19 heavy (non-hydrogen) atoms. The maximum Gasteiger partial charge on any atom is 0.128 e. The molecule has 4 heteroatoms. The largest absolute Gasteiger partial charge is 0.354 e. The van der Waals surface area contributed by atoms with Crippen LogP contribution in [-0.2, 0) is 0 Å². The van der Waals surface area contributed by atoms with Crippen molar-refractivity contribution in [2.75, 3.05) is 37.6 Å². The second-order valence-electron chi connectivity index (χ2n) is 5.87. The summed E-state index contributed by atoms with van der Waals surface area (Å²) in [6.07, 6.45) is 2.97. The molecular weight excluding hydrogens is 236 g/mol. The lowest BCUT2D eigenvalue weighted by Crippen LogP contribution is -2.50. The standard InChI is InChI=1S/C15H26N4/c1-13(2)11-14(16)12-18-7-9-19(10-8-18)15-5-3-4-6-17-15/h3-6,13-14H,7-12,16H2,1-2H3/t14-/m0/s1. The van der Waals surface area contributed by atoms with E-state index in [1.165, 1.54) is 0 Å². The molecular formula is C15H26N4. The second kappa shape index (κ2) is 6.87. The van der Waals surface area contributed by atoms with E-state index in [0.717, 1.165) is 45.0 Å². The van der Waals surface area contributed by atoms with Gasteiger partial charge in [0.05, 0.1) is 0 Å². The number of hydrogen-bond donors (Lipinski definition) is 1. The molecule has 0 spiro atoms. The van der Waals surface area contributed by atoms with Gasteiger partial charge in [0, 0.05) is 45.0 Å². The number of anilines is 1. The first kappa shape index (κ1) is 14.3. The van der Waals surface area contributed by atoms with E-state index >= 15 is 0 Å². The van der Waals surface area contributed by atoms with Crippen molar-refractivity contribution >= 4 is 5.82 Å². The van der Waals surface area contributed by atoms with Gasteiger partial charge in [-0.3, -0.25) is 4.90 Å². The van der Waals surface area contributed by atoms with Gasteiger partial charge in [-0.15, -0.1) is 0 Å². The van der Waals surface area contributed by atoms with E-state index in [9.17, 15) is 0 Å². The Morgan fingerprint density at radius 2 is 1.95 bits per heavy atom. The number of nitrogens with two attached hydrogens (primary N) is 1. The first-order chi connectivity index (χ1) is 9.15. The number of nitrogens with zero attached hydrogens (tertiary/aromatic N) is 3. The monoisotopic (exact) mass is 262 g/mol. The Kier molecular flexibility index (Phi) is 5.16. The number of aromatic nitrogens is 1. The summed E-state index contributed by atoms with van der Waals surface area (Å²) in [5.41, 5.74) is 6.18. The van der Waals surface area contributed by atoms with Crippen LogP contribution in [0, 0.1) is 5.92 Å². The summed E-state index contributed by atoms with van der Waals surface area (Å²) in [6.45, 7) is 9.76. The lowest BCUT2D eigenvalue weighted by molar-refractivity contribution is 0.233. The van der Waals surface area contributed by atoms with E-state index in [2.05, 4.69) is 34.7 Å². The Bertz CT molecular complexity index is 358. The molecule has 0 radical (unpaired) electrons. The molecule has 1 atom stereocenters. The minimum Gasteiger partial charge on any atom is -0.354 e. The molecule has 0 saturated carbocycles. The fourth-order valence-corrected chi connectivity index (χ4v) is 2.71. The van der Waals surface area contributed by atoms with Crippen LogP contribution in [0.15, 0.2) is 24.4 Å². The van der Waals surface area contributed by atoms with Gasteiger partial charge in [0.1, 0.15) is 5.82 Å². The molecule has 1 saturated heterocycles. The topological polar surface area (TPSA) is 45.4 Å². The highest BCUT2D eigenvalue weighted by atomic mass is 15.3. The third-order valence-corrected chi connectivity index (χ3v) is 3.61. The van der Waals surface area contributed by atoms with Gasteiger partial charge in [0.15, 0.2) is 0 Å². The van der Waals surface area contributed by atoms with Gasteiger partial charge in [0.2, 0.25) is 0 Å². The van der Waals surface area contributed by atoms with Gasteiger partial charge in [0.25, 0.3) is 0 Å². The van der Waals surface area contributed by atoms with Crippen LogP contribution >= 0.6 is 0 Å². The molecule has 2 rings (SSSR count). The van der Waals surface area contributed by atoms with E-state index in [0.29, 0.717) is 12.0 Å². The number of pyridine rings is 1. The second-order valence-corrected chi connectivity index (χ2v) is 5.87. The van der Waals surface area contributed by atoms with Crippen molar-refractivity contribution in [2.45, 2.75) is 26.3 Å². The zero-order valence-corrected chi connectivity index (χ0v) is 12.1. The van der Waals surface area contributed by atoms with E-state index < -0.39 is 0 Å². The number of piperazine rings is 1. The van der Waals surface area contributed by atoms with Crippen LogP contribution in [0.3, 0.4) is 0 Å². The van der Waals surface area contributed by atoms with Gasteiger partial charge in [-0.05, 0) is 24.5 Å². The van der Waals surface area contributed by atoms with Crippen molar-refractivity contribution in [2.24, 2.45) is 11.7 Å². The first-order valence-corrected chi connectivity index (χ1v) is 7.29. The summed E-state index contributed by atoms with van der Waals surface area (Å²) < 4.78 is 0. The number of hydrogen-bond acceptors (Lipinski definition) is 4. The van der Waals surface area contributed by atoms with Crippen LogP contribution in [0.2, 0.25) is 0 Å². The maximum atomic E-state index is 6.18. The van der Waals surface area contributed by atoms with Gasteiger partial charge in [-0.2, -0.15) is 0 Å². The van der Waals surface area contributed by atoms with Crippen molar-refractivity contribution in [3.63, 3.8) is 0 Å². The smallest absolute Gasteiger partial charge is 0.128 e. The molecule has 2 N–H and O–H groups in total. The quantitative estimate of drug-likeness (QED) is 0.875. The molecule has 1 aliphatic heterocycles. The predicted molar refractivity (Wildman–Crippen MR) is 80.3 cm³/mol. The summed E-state index contributed by atoms with van der Waals surface area (Å²) in [5, 5.41) is 0. The molecule has 2 heterocycles. The molecule has 0 unspecified atom stereocenters. The van der Waals surface area contributed by atoms with Crippen molar-refractivity contribution in [3.8, 4) is 0 Å². The van der Waals surface area contributed by atoms with Crippen molar-refractivity contribution < 1.29 is 0 Å². The summed E-state index contributed by atoms with van der Waals surface area (Å²) in [4.78, 5) is 9.24. The minimum absolute atomic E-state index is 0.307. The molecule has 1 aromatic heterocycles. The molecule has 4 nitrogen and oxygen atoms in total. The molecule has 1 aliphatic rings. The van der Waals surface area contributed by atoms with Crippen LogP contribution in [0.4, 0.5) is 5.82 Å². The fourth-order valence-electron chi connectivity index (χ4n) is 2.71. The molecule has 1 aromatic rings. The Balaban J connectivity index is 1.76. The van der Waals surface area contributed by atoms with E-state index in [1.54, 1.807) is 0 Å². The molecule has 0 bridgehead atoms. The van der Waals surface area contributed by atoms with Gasteiger partial charge < -0.3 is 10.6 Å². The van der Waals surface area contributed by atoms with Gasteiger partial charge >= 0.3 is 0 Å². The van der Waals surface area contributed by atoms with E-state index in [4.69, 9.17) is 5.73 Å².